The van der Waals surface area contributed by atoms with Crippen LogP contribution < -0.4 is 5.30 Å². The molecule has 0 radical (unpaired) electrons. The zero-order valence-corrected chi connectivity index (χ0v) is 19.8. The van der Waals surface area contributed by atoms with E-state index in [1.807, 2.05) is 0 Å². The third-order valence-electron chi connectivity index (χ3n) is 5.56. The lowest BCUT2D eigenvalue weighted by atomic mass is 9.85. The van der Waals surface area contributed by atoms with Gasteiger partial charge in [0, 0.05) is 10.6 Å². The van der Waals surface area contributed by atoms with Crippen molar-refractivity contribution in [1.82, 2.24) is 0 Å². The van der Waals surface area contributed by atoms with Crippen molar-refractivity contribution in [3.05, 3.63) is 65.7 Å². The van der Waals surface area contributed by atoms with Gasteiger partial charge in [0.15, 0.2) is 5.90 Å². The second-order valence-corrected chi connectivity index (χ2v) is 10.9. The molecule has 0 saturated heterocycles. The van der Waals surface area contributed by atoms with E-state index in [0.29, 0.717) is 12.5 Å². The molecule has 29 heavy (non-hydrogen) atoms. The van der Waals surface area contributed by atoms with Crippen molar-refractivity contribution in [3.63, 3.8) is 0 Å². The van der Waals surface area contributed by atoms with Crippen LogP contribution in [0.4, 0.5) is 0 Å². The Morgan fingerprint density at radius 2 is 1.59 bits per heavy atom. The molecular weight excluding hydrogens is 373 g/mol. The van der Waals surface area contributed by atoms with Crippen molar-refractivity contribution in [2.24, 2.45) is 16.3 Å². The Kier molecular flexibility index (Phi) is 6.34. The molecule has 154 valence electrons. The quantitative estimate of drug-likeness (QED) is 0.536. The van der Waals surface area contributed by atoms with E-state index >= 15 is 0 Å². The zero-order chi connectivity index (χ0) is 21.2. The summed E-state index contributed by atoms with van der Waals surface area (Å²) in [6, 6.07) is 19.8. The van der Waals surface area contributed by atoms with Gasteiger partial charge in [-0.25, -0.2) is 4.99 Å². The molecule has 0 spiro atoms. The number of aliphatic imine (C=N–C) groups is 1. The fraction of sp³-hybridized carbons (Fsp3) is 0.462. The molecule has 3 heteroatoms. The molecule has 1 heterocycles. The van der Waals surface area contributed by atoms with Crippen LogP contribution in [0.5, 0.6) is 0 Å². The fourth-order valence-electron chi connectivity index (χ4n) is 3.66. The van der Waals surface area contributed by atoms with E-state index in [2.05, 4.69) is 103 Å². The first-order valence-corrected chi connectivity index (χ1v) is 11.5. The summed E-state index contributed by atoms with van der Waals surface area (Å²) in [5.74, 6) is 1.36. The van der Waals surface area contributed by atoms with Gasteiger partial charge < -0.3 is 4.74 Å². The Hall–Kier alpha value is -1.92. The average molecular weight is 408 g/mol. The number of hydrogen-bond donors (Lipinski definition) is 0. The molecule has 1 atom stereocenters. The molecular formula is C26H34NOP. The lowest BCUT2D eigenvalue weighted by Crippen LogP contribution is -2.34. The summed E-state index contributed by atoms with van der Waals surface area (Å²) in [5, 5.41) is 2.68. The molecule has 0 aliphatic carbocycles. The molecule has 1 aliphatic rings. The molecule has 0 aromatic heterocycles. The maximum atomic E-state index is 6.15. The largest absolute Gasteiger partial charge is 0.478 e. The normalized spacial score (nSPS) is 18.0. The highest BCUT2D eigenvalue weighted by Gasteiger charge is 2.37. The number of rotatable bonds is 5. The van der Waals surface area contributed by atoms with E-state index in [0.717, 1.165) is 5.90 Å². The van der Waals surface area contributed by atoms with Gasteiger partial charge in [0.2, 0.25) is 0 Å². The van der Waals surface area contributed by atoms with Crippen LogP contribution in [0.1, 0.15) is 59.6 Å². The maximum absolute atomic E-state index is 6.15. The van der Waals surface area contributed by atoms with E-state index in [4.69, 9.17) is 9.73 Å². The molecule has 0 saturated carbocycles. The van der Waals surface area contributed by atoms with E-state index in [1.165, 1.54) is 29.9 Å². The smallest absolute Gasteiger partial charge is 0.194 e. The van der Waals surface area contributed by atoms with E-state index in [-0.39, 0.29) is 16.9 Å². The van der Waals surface area contributed by atoms with E-state index in [9.17, 15) is 0 Å². The predicted molar refractivity (Wildman–Crippen MR) is 128 cm³/mol. The molecule has 0 unspecified atom stereocenters. The van der Waals surface area contributed by atoms with Crippen LogP contribution in [-0.4, -0.2) is 23.8 Å². The monoisotopic (exact) mass is 407 g/mol. The first-order chi connectivity index (χ1) is 13.6. The molecule has 3 rings (SSSR count). The van der Waals surface area contributed by atoms with Crippen molar-refractivity contribution in [3.8, 4) is 0 Å². The fourth-order valence-corrected chi connectivity index (χ4v) is 5.25. The van der Waals surface area contributed by atoms with Gasteiger partial charge in [-0.2, -0.15) is 0 Å². The van der Waals surface area contributed by atoms with E-state index in [1.54, 1.807) is 0 Å². The van der Waals surface area contributed by atoms with Gasteiger partial charge in [0.25, 0.3) is 0 Å². The average Bonchev–Trinajstić information content (AvgIpc) is 3.18. The van der Waals surface area contributed by atoms with Gasteiger partial charge in [-0.05, 0) is 36.3 Å². The molecule has 0 N–H and O–H groups in total. The second kappa shape index (κ2) is 8.44. The van der Waals surface area contributed by atoms with Crippen LogP contribution in [0.2, 0.25) is 0 Å². The second-order valence-electron chi connectivity index (χ2n) is 9.78. The molecule has 2 nitrogen and oxygen atoms in total. The van der Waals surface area contributed by atoms with Crippen molar-refractivity contribution < 1.29 is 4.74 Å². The highest BCUT2D eigenvalue weighted by atomic mass is 31.1. The number of hydrogen-bond acceptors (Lipinski definition) is 2. The standard InChI is InChI=1S/C26H34NOP/c1-18(2)21-17-28-24(27-21)26(6,7)23(19-13-9-8-10-14-19)29-22-16-12-11-15-20(22)25(3,4)5/h8-16,18,21H,17H2,1-7H3/t21-/m1/s1. The van der Waals surface area contributed by atoms with Gasteiger partial charge in [-0.15, -0.1) is 0 Å². The summed E-state index contributed by atoms with van der Waals surface area (Å²) in [5.41, 5.74) is 2.46. The van der Waals surface area contributed by atoms with Crippen molar-refractivity contribution >= 4 is 24.7 Å². The highest BCUT2D eigenvalue weighted by Crippen LogP contribution is 2.34. The molecule has 2 aromatic carbocycles. The molecule has 0 bridgehead atoms. The topological polar surface area (TPSA) is 21.6 Å². The summed E-state index contributed by atoms with van der Waals surface area (Å²) < 4.78 is 6.15. The van der Waals surface area contributed by atoms with Crippen molar-refractivity contribution in [1.29, 1.82) is 0 Å². The van der Waals surface area contributed by atoms with Gasteiger partial charge in [0.1, 0.15) is 6.61 Å². The minimum absolute atomic E-state index is 0.0969. The third kappa shape index (κ3) is 4.81. The SMILES string of the molecule is CC(C)[C@H]1COC(C(C)(C)C(=Pc2ccccc2C(C)(C)C)c2ccccc2)=N1. The molecule has 2 aromatic rings. The Balaban J connectivity index is 2.16. The van der Waals surface area contributed by atoms with Gasteiger partial charge >= 0.3 is 0 Å². The first-order valence-electron chi connectivity index (χ1n) is 10.6. The van der Waals surface area contributed by atoms with Crippen LogP contribution in [0.25, 0.3) is 0 Å². The van der Waals surface area contributed by atoms with Crippen LogP contribution in [0, 0.1) is 11.3 Å². The zero-order valence-electron chi connectivity index (χ0n) is 18.9. The van der Waals surface area contributed by atoms with Crippen LogP contribution in [0.3, 0.4) is 0 Å². The highest BCUT2D eigenvalue weighted by molar-refractivity contribution is 7.50. The van der Waals surface area contributed by atoms with Gasteiger partial charge in [-0.3, -0.25) is 0 Å². The minimum Gasteiger partial charge on any atom is -0.478 e. The number of ether oxygens (including phenoxy) is 1. The Labute approximate surface area is 178 Å². The maximum Gasteiger partial charge on any atom is 0.194 e. The van der Waals surface area contributed by atoms with Gasteiger partial charge in [0.05, 0.1) is 11.5 Å². The predicted octanol–water partition coefficient (Wildman–Crippen LogP) is 6.26. The summed E-state index contributed by atoms with van der Waals surface area (Å²) in [6.45, 7) is 16.5. The lowest BCUT2D eigenvalue weighted by molar-refractivity contribution is 0.274. The Bertz CT molecular complexity index is 904. The molecule has 1 aliphatic heterocycles. The van der Waals surface area contributed by atoms with Crippen LogP contribution in [0.15, 0.2) is 59.6 Å². The van der Waals surface area contributed by atoms with Crippen molar-refractivity contribution in [2.45, 2.75) is 59.9 Å². The molecule has 0 amide bonds. The van der Waals surface area contributed by atoms with Crippen LogP contribution in [-0.2, 0) is 10.2 Å². The minimum atomic E-state index is -0.280. The number of benzene rings is 2. The van der Waals surface area contributed by atoms with E-state index < -0.39 is 0 Å². The molecule has 0 fully saturated rings. The summed E-state index contributed by atoms with van der Waals surface area (Å²) in [7, 11) is 1.21. The summed E-state index contributed by atoms with van der Waals surface area (Å²) in [4.78, 5) is 4.99. The number of nitrogens with zero attached hydrogens (tertiary/aromatic N) is 1. The lowest BCUT2D eigenvalue weighted by Gasteiger charge is -2.28. The summed E-state index contributed by atoms with van der Waals surface area (Å²) in [6.07, 6.45) is 0. The van der Waals surface area contributed by atoms with Gasteiger partial charge in [-0.1, -0.05) is 97.4 Å². The van der Waals surface area contributed by atoms with Crippen LogP contribution >= 0.6 is 8.20 Å². The Morgan fingerprint density at radius 3 is 2.17 bits per heavy atom. The summed E-state index contributed by atoms with van der Waals surface area (Å²) >= 11 is 0. The first kappa shape index (κ1) is 21.8. The third-order valence-corrected chi connectivity index (χ3v) is 7.23. The Morgan fingerprint density at radius 1 is 0.966 bits per heavy atom. The van der Waals surface area contributed by atoms with Crippen molar-refractivity contribution in [2.75, 3.05) is 6.61 Å².